The van der Waals surface area contributed by atoms with Gasteiger partial charge in [-0.1, -0.05) is 0 Å². The summed E-state index contributed by atoms with van der Waals surface area (Å²) in [5.74, 6) is -0.520. The van der Waals surface area contributed by atoms with E-state index < -0.39 is 5.91 Å². The van der Waals surface area contributed by atoms with E-state index in [9.17, 15) is 9.59 Å². The first kappa shape index (κ1) is 8.52. The van der Waals surface area contributed by atoms with E-state index in [0.29, 0.717) is 11.1 Å². The molecule has 0 aliphatic carbocycles. The standard InChI is InChI=1S/C8H10N2O2/c1-5-3-6(7(9)11)4-10(2)8(5)12/h3-4H,1-2H3,(H2,9,11). The molecule has 0 aromatic carbocycles. The summed E-state index contributed by atoms with van der Waals surface area (Å²) >= 11 is 0. The zero-order valence-corrected chi connectivity index (χ0v) is 7.00. The normalized spacial score (nSPS) is 9.83. The van der Waals surface area contributed by atoms with Crippen molar-refractivity contribution in [2.75, 3.05) is 0 Å². The second kappa shape index (κ2) is 2.81. The SMILES string of the molecule is Cc1cc(C(N)=O)cn(C)c1=O. The van der Waals surface area contributed by atoms with Gasteiger partial charge >= 0.3 is 0 Å². The van der Waals surface area contributed by atoms with Crippen LogP contribution in [0.3, 0.4) is 0 Å². The predicted molar refractivity (Wildman–Crippen MR) is 44.9 cm³/mol. The topological polar surface area (TPSA) is 65.1 Å². The molecule has 1 aromatic rings. The average molecular weight is 166 g/mol. The Hall–Kier alpha value is -1.58. The van der Waals surface area contributed by atoms with Gasteiger partial charge in [-0.25, -0.2) is 0 Å². The summed E-state index contributed by atoms with van der Waals surface area (Å²) in [4.78, 5) is 21.9. The lowest BCUT2D eigenvalue weighted by atomic mass is 10.2. The summed E-state index contributed by atoms with van der Waals surface area (Å²) in [6.07, 6.45) is 1.43. The molecule has 0 aliphatic rings. The van der Waals surface area contributed by atoms with Gasteiger partial charge in [-0.2, -0.15) is 0 Å². The molecule has 4 heteroatoms. The van der Waals surface area contributed by atoms with E-state index in [1.54, 1.807) is 14.0 Å². The number of aryl methyl sites for hydroxylation is 2. The van der Waals surface area contributed by atoms with Gasteiger partial charge in [0.1, 0.15) is 0 Å². The third-order valence-corrected chi connectivity index (χ3v) is 1.65. The van der Waals surface area contributed by atoms with Gasteiger partial charge in [0.2, 0.25) is 5.91 Å². The summed E-state index contributed by atoms with van der Waals surface area (Å²) in [6.45, 7) is 1.65. The van der Waals surface area contributed by atoms with Crippen LogP contribution in [-0.2, 0) is 7.05 Å². The molecule has 0 bridgehead atoms. The summed E-state index contributed by atoms with van der Waals surface area (Å²) < 4.78 is 1.34. The number of nitrogens with zero attached hydrogens (tertiary/aromatic N) is 1. The van der Waals surface area contributed by atoms with Crippen LogP contribution in [0, 0.1) is 6.92 Å². The summed E-state index contributed by atoms with van der Waals surface area (Å²) in [5.41, 5.74) is 5.81. The number of carbonyl (C=O) groups excluding carboxylic acids is 1. The van der Waals surface area contributed by atoms with Gasteiger partial charge in [-0.3, -0.25) is 9.59 Å². The van der Waals surface area contributed by atoms with Crippen LogP contribution in [0.25, 0.3) is 0 Å². The van der Waals surface area contributed by atoms with E-state index in [1.165, 1.54) is 16.8 Å². The number of hydrogen-bond acceptors (Lipinski definition) is 2. The first-order valence-corrected chi connectivity index (χ1v) is 3.49. The molecular formula is C8H10N2O2. The highest BCUT2D eigenvalue weighted by Crippen LogP contribution is 1.96. The molecule has 0 aliphatic heterocycles. The van der Waals surface area contributed by atoms with Crippen molar-refractivity contribution in [3.8, 4) is 0 Å². The van der Waals surface area contributed by atoms with Gasteiger partial charge in [-0.15, -0.1) is 0 Å². The Labute approximate surface area is 69.6 Å². The third-order valence-electron chi connectivity index (χ3n) is 1.65. The molecule has 1 rings (SSSR count). The van der Waals surface area contributed by atoms with Crippen molar-refractivity contribution in [3.05, 3.63) is 33.7 Å². The van der Waals surface area contributed by atoms with Crippen molar-refractivity contribution < 1.29 is 4.79 Å². The van der Waals surface area contributed by atoms with Gasteiger partial charge in [0.15, 0.2) is 0 Å². The highest BCUT2D eigenvalue weighted by molar-refractivity contribution is 5.92. The molecule has 2 N–H and O–H groups in total. The molecule has 0 radical (unpaired) electrons. The van der Waals surface area contributed by atoms with Crippen LogP contribution in [-0.4, -0.2) is 10.5 Å². The average Bonchev–Trinajstić information content (AvgIpc) is 1.99. The maximum Gasteiger partial charge on any atom is 0.253 e. The number of hydrogen-bond donors (Lipinski definition) is 1. The van der Waals surface area contributed by atoms with Crippen molar-refractivity contribution in [1.82, 2.24) is 4.57 Å². The molecular weight excluding hydrogens is 156 g/mol. The zero-order chi connectivity index (χ0) is 9.30. The van der Waals surface area contributed by atoms with Crippen molar-refractivity contribution >= 4 is 5.91 Å². The van der Waals surface area contributed by atoms with Crippen LogP contribution in [0.4, 0.5) is 0 Å². The summed E-state index contributed by atoms with van der Waals surface area (Å²) in [5, 5.41) is 0. The molecule has 0 spiro atoms. The van der Waals surface area contributed by atoms with Crippen molar-refractivity contribution in [1.29, 1.82) is 0 Å². The number of pyridine rings is 1. The summed E-state index contributed by atoms with van der Waals surface area (Å²) in [7, 11) is 1.59. The fourth-order valence-electron chi connectivity index (χ4n) is 1.01. The number of amides is 1. The lowest BCUT2D eigenvalue weighted by Gasteiger charge is -2.01. The second-order valence-electron chi connectivity index (χ2n) is 2.69. The Balaban J connectivity index is 3.41. The lowest BCUT2D eigenvalue weighted by molar-refractivity contribution is 0.0999. The van der Waals surface area contributed by atoms with Gasteiger partial charge < -0.3 is 10.3 Å². The predicted octanol–water partition coefficient (Wildman–Crippen LogP) is -0.207. The van der Waals surface area contributed by atoms with Gasteiger partial charge in [0, 0.05) is 18.8 Å². The fraction of sp³-hybridized carbons (Fsp3) is 0.250. The minimum Gasteiger partial charge on any atom is -0.366 e. The number of carbonyl (C=O) groups is 1. The van der Waals surface area contributed by atoms with Crippen LogP contribution >= 0.6 is 0 Å². The lowest BCUT2D eigenvalue weighted by Crippen LogP contribution is -2.22. The van der Waals surface area contributed by atoms with E-state index in [4.69, 9.17) is 5.73 Å². The van der Waals surface area contributed by atoms with E-state index >= 15 is 0 Å². The van der Waals surface area contributed by atoms with Gasteiger partial charge in [-0.05, 0) is 13.0 Å². The largest absolute Gasteiger partial charge is 0.366 e. The molecule has 1 amide bonds. The van der Waals surface area contributed by atoms with E-state index in [-0.39, 0.29) is 5.56 Å². The quantitative estimate of drug-likeness (QED) is 0.627. The Morgan fingerprint density at radius 2 is 2.17 bits per heavy atom. The van der Waals surface area contributed by atoms with Crippen LogP contribution < -0.4 is 11.3 Å². The van der Waals surface area contributed by atoms with E-state index in [0.717, 1.165) is 0 Å². The molecule has 64 valence electrons. The second-order valence-corrected chi connectivity index (χ2v) is 2.69. The molecule has 0 unspecified atom stereocenters. The Bertz CT molecular complexity index is 353. The molecule has 0 saturated heterocycles. The number of primary amides is 1. The first-order chi connectivity index (χ1) is 5.52. The first-order valence-electron chi connectivity index (χ1n) is 3.49. The molecule has 1 heterocycles. The van der Waals surface area contributed by atoms with Crippen molar-refractivity contribution in [3.63, 3.8) is 0 Å². The highest BCUT2D eigenvalue weighted by atomic mass is 16.1. The Morgan fingerprint density at radius 3 is 2.58 bits per heavy atom. The van der Waals surface area contributed by atoms with Crippen LogP contribution in [0.15, 0.2) is 17.1 Å². The minimum atomic E-state index is -0.520. The Morgan fingerprint density at radius 1 is 1.58 bits per heavy atom. The molecule has 0 fully saturated rings. The van der Waals surface area contributed by atoms with E-state index in [2.05, 4.69) is 0 Å². The molecule has 1 aromatic heterocycles. The molecule has 0 atom stereocenters. The number of nitrogens with two attached hydrogens (primary N) is 1. The Kier molecular flexibility index (Phi) is 1.99. The minimum absolute atomic E-state index is 0.111. The van der Waals surface area contributed by atoms with Crippen LogP contribution in [0.1, 0.15) is 15.9 Å². The number of aromatic nitrogens is 1. The maximum absolute atomic E-state index is 11.2. The monoisotopic (exact) mass is 166 g/mol. The molecule has 12 heavy (non-hydrogen) atoms. The smallest absolute Gasteiger partial charge is 0.253 e. The van der Waals surface area contributed by atoms with Crippen LogP contribution in [0.5, 0.6) is 0 Å². The fourth-order valence-corrected chi connectivity index (χ4v) is 1.01. The van der Waals surface area contributed by atoms with Gasteiger partial charge in [0.25, 0.3) is 5.56 Å². The highest BCUT2D eigenvalue weighted by Gasteiger charge is 2.03. The zero-order valence-electron chi connectivity index (χ0n) is 7.00. The summed E-state index contributed by atoms with van der Waals surface area (Å²) in [6, 6.07) is 1.49. The molecule has 4 nitrogen and oxygen atoms in total. The van der Waals surface area contributed by atoms with Crippen molar-refractivity contribution in [2.45, 2.75) is 6.92 Å². The third kappa shape index (κ3) is 1.37. The maximum atomic E-state index is 11.2. The molecule has 0 saturated carbocycles. The van der Waals surface area contributed by atoms with Crippen LogP contribution in [0.2, 0.25) is 0 Å². The van der Waals surface area contributed by atoms with E-state index in [1.807, 2.05) is 0 Å². The van der Waals surface area contributed by atoms with Crippen molar-refractivity contribution in [2.24, 2.45) is 12.8 Å². The van der Waals surface area contributed by atoms with Gasteiger partial charge in [0.05, 0.1) is 5.56 Å². The number of rotatable bonds is 1.